The first-order valence-corrected chi connectivity index (χ1v) is 4.79. The Morgan fingerprint density at radius 2 is 1.33 bits per heavy atom. The van der Waals surface area contributed by atoms with Crippen molar-refractivity contribution < 1.29 is 34.2 Å². The molecule has 7 nitrogen and oxygen atoms in total. The zero-order valence-electron chi connectivity index (χ0n) is 8.39. The first-order chi connectivity index (χ1) is 6.27. The quantitative estimate of drug-likeness (QED) is 0.418. The van der Waals surface area contributed by atoms with Crippen LogP contribution in [-0.2, 0) is 14.2 Å². The summed E-state index contributed by atoms with van der Waals surface area (Å²) in [5, 5.41) is 17.0. The topological polar surface area (TPSA) is 141 Å². The van der Waals surface area contributed by atoms with E-state index < -0.39 is 20.2 Å². The van der Waals surface area contributed by atoms with Crippen LogP contribution in [0.15, 0.2) is 0 Å². The number of hydrogen-bond acceptors (Lipinski definition) is 6. The Balaban J connectivity index is -0.0000000590. The SMILES string of the molecule is CCC(=O)O.CCC(=O)[O-].O=[PH]([O-])[O-].[Al+3]. The van der Waals surface area contributed by atoms with Gasteiger partial charge in [-0.3, -0.25) is 4.79 Å². The van der Waals surface area contributed by atoms with Crippen molar-refractivity contribution in [1.29, 1.82) is 0 Å². The molecule has 0 unspecified atom stereocenters. The maximum atomic E-state index is 9.37. The van der Waals surface area contributed by atoms with E-state index >= 15 is 0 Å². The van der Waals surface area contributed by atoms with E-state index in [0.717, 1.165) is 0 Å². The molecule has 0 aromatic rings. The van der Waals surface area contributed by atoms with Crippen molar-refractivity contribution in [2.75, 3.05) is 0 Å². The summed E-state index contributed by atoms with van der Waals surface area (Å²) >= 11 is 0. The number of carbonyl (C=O) groups is 2. The summed E-state index contributed by atoms with van der Waals surface area (Å²) in [5.41, 5.74) is 0. The first-order valence-electron chi connectivity index (χ1n) is 3.57. The maximum absolute atomic E-state index is 9.37. The number of carboxylic acid groups (broad SMARTS) is 2. The second kappa shape index (κ2) is 19.2. The Kier molecular flexibility index (Phi) is 30.8. The molecule has 0 saturated carbocycles. The van der Waals surface area contributed by atoms with Crippen LogP contribution < -0.4 is 14.9 Å². The maximum Gasteiger partial charge on any atom is 3.00 e. The van der Waals surface area contributed by atoms with Crippen molar-refractivity contribution >= 4 is 37.6 Å². The number of aliphatic carboxylic acids is 2. The fraction of sp³-hybridized carbons (Fsp3) is 0.667. The van der Waals surface area contributed by atoms with Crippen LogP contribution >= 0.6 is 8.25 Å². The summed E-state index contributed by atoms with van der Waals surface area (Å²) in [6.07, 6.45) is 0.333. The van der Waals surface area contributed by atoms with Crippen LogP contribution in [0.3, 0.4) is 0 Å². The van der Waals surface area contributed by atoms with Crippen LogP contribution in [0.5, 0.6) is 0 Å². The summed E-state index contributed by atoms with van der Waals surface area (Å²) in [6, 6.07) is 0. The summed E-state index contributed by atoms with van der Waals surface area (Å²) < 4.78 is 8.52. The van der Waals surface area contributed by atoms with E-state index in [9.17, 15) is 14.7 Å². The summed E-state index contributed by atoms with van der Waals surface area (Å²) in [4.78, 5) is 35.7. The summed E-state index contributed by atoms with van der Waals surface area (Å²) in [6.45, 7) is 3.14. The minimum atomic E-state index is -3.63. The van der Waals surface area contributed by atoms with E-state index in [2.05, 4.69) is 0 Å². The van der Waals surface area contributed by atoms with Crippen molar-refractivity contribution in [3.05, 3.63) is 0 Å². The zero-order chi connectivity index (χ0) is 12.1. The van der Waals surface area contributed by atoms with E-state index in [4.69, 9.17) is 19.5 Å². The van der Waals surface area contributed by atoms with Gasteiger partial charge in [-0.15, -0.1) is 0 Å². The standard InChI is InChI=1S/2C3H6O2.Al.H3O3P/c2*1-2-3(4)5;;1-4(2)3/h2*2H2,1H3,(H,4,5);;4H,(H2,1,2,3)/q;;+3;/p-3. The third kappa shape index (κ3) is 140. The largest absolute Gasteiger partial charge is 3.00 e. The molecule has 0 aromatic carbocycles. The molecule has 0 spiro atoms. The van der Waals surface area contributed by atoms with E-state index in [1.807, 2.05) is 0 Å². The molecule has 0 aliphatic rings. The van der Waals surface area contributed by atoms with Crippen molar-refractivity contribution in [2.45, 2.75) is 26.7 Å². The van der Waals surface area contributed by atoms with Gasteiger partial charge in [0, 0.05) is 12.4 Å². The monoisotopic (exact) mass is 254 g/mol. The molecule has 0 aromatic heterocycles. The molecule has 0 fully saturated rings. The van der Waals surface area contributed by atoms with Crippen LogP contribution in [0.4, 0.5) is 0 Å². The van der Waals surface area contributed by atoms with Gasteiger partial charge in [0.05, 0.1) is 0 Å². The van der Waals surface area contributed by atoms with Gasteiger partial charge >= 0.3 is 23.3 Å². The van der Waals surface area contributed by atoms with Crippen LogP contribution in [0.25, 0.3) is 0 Å². The van der Waals surface area contributed by atoms with Gasteiger partial charge in [-0.1, -0.05) is 22.1 Å². The van der Waals surface area contributed by atoms with E-state index in [-0.39, 0.29) is 30.2 Å². The molecule has 1 N–H and O–H groups in total. The van der Waals surface area contributed by atoms with Gasteiger partial charge in [-0.2, -0.15) is 0 Å². The second-order valence-corrected chi connectivity index (χ2v) is 2.22. The normalized spacial score (nSPS) is 7.27. The average Bonchev–Trinajstić information content (AvgIpc) is 2.04. The first kappa shape index (κ1) is 24.0. The number of carboxylic acids is 2. The molecule has 0 heterocycles. The van der Waals surface area contributed by atoms with Gasteiger partial charge < -0.3 is 29.4 Å². The Morgan fingerprint density at radius 1 is 1.20 bits per heavy atom. The van der Waals surface area contributed by atoms with Gasteiger partial charge in [0.15, 0.2) is 0 Å². The van der Waals surface area contributed by atoms with Crippen molar-refractivity contribution in [1.82, 2.24) is 0 Å². The minimum Gasteiger partial charge on any atom is -0.813 e. The average molecular weight is 254 g/mol. The summed E-state index contributed by atoms with van der Waals surface area (Å²) in [5.74, 6) is -1.74. The molecule has 0 radical (unpaired) electrons. The van der Waals surface area contributed by atoms with Gasteiger partial charge in [-0.05, 0) is 6.42 Å². The molecule has 0 saturated heterocycles. The number of rotatable bonds is 2. The Labute approximate surface area is 98.8 Å². The van der Waals surface area contributed by atoms with Crippen LogP contribution in [0, 0.1) is 0 Å². The molecule has 0 bridgehead atoms. The van der Waals surface area contributed by atoms with Gasteiger partial charge in [0.2, 0.25) is 0 Å². The Bertz CT molecular complexity index is 166. The van der Waals surface area contributed by atoms with E-state index in [1.54, 1.807) is 6.92 Å². The van der Waals surface area contributed by atoms with Gasteiger partial charge in [-0.25, -0.2) is 0 Å². The minimum absolute atomic E-state index is 0. The smallest absolute Gasteiger partial charge is 0.813 e. The fourth-order valence-corrected chi connectivity index (χ4v) is 0. The third-order valence-corrected chi connectivity index (χ3v) is 0.591. The molecule has 9 heteroatoms. The summed E-state index contributed by atoms with van der Waals surface area (Å²) in [7, 11) is -3.63. The van der Waals surface area contributed by atoms with Gasteiger partial charge in [0.25, 0.3) is 0 Å². The van der Waals surface area contributed by atoms with Crippen LogP contribution in [0.2, 0.25) is 0 Å². The molecule has 0 aliphatic carbocycles. The predicted molar refractivity (Wildman–Crippen MR) is 48.0 cm³/mol. The zero-order valence-corrected chi connectivity index (χ0v) is 10.5. The molecule has 0 rings (SSSR count). The Morgan fingerprint density at radius 3 is 1.33 bits per heavy atom. The fourth-order valence-electron chi connectivity index (χ4n) is 0. The van der Waals surface area contributed by atoms with Crippen molar-refractivity contribution in [2.24, 2.45) is 0 Å². The van der Waals surface area contributed by atoms with Crippen LogP contribution in [0.1, 0.15) is 26.7 Å². The molecular weight excluding hydrogens is 242 g/mol. The van der Waals surface area contributed by atoms with Crippen molar-refractivity contribution in [3.63, 3.8) is 0 Å². The third-order valence-electron chi connectivity index (χ3n) is 0.591. The number of carbonyl (C=O) groups excluding carboxylic acids is 1. The molecule has 0 amide bonds. The number of hydrogen-bond donors (Lipinski definition) is 1. The molecule has 0 aliphatic heterocycles. The van der Waals surface area contributed by atoms with Crippen LogP contribution in [-0.4, -0.2) is 34.4 Å². The van der Waals surface area contributed by atoms with E-state index in [0.29, 0.717) is 0 Å². The van der Waals surface area contributed by atoms with Crippen molar-refractivity contribution in [3.8, 4) is 0 Å². The molecule has 86 valence electrons. The van der Waals surface area contributed by atoms with E-state index in [1.165, 1.54) is 6.92 Å². The van der Waals surface area contributed by atoms with Gasteiger partial charge in [0.1, 0.15) is 0 Å². The second-order valence-electron chi connectivity index (χ2n) is 1.72. The molecular formula is C6H12AlO7P. The predicted octanol–water partition coefficient (Wildman–Crippen LogP) is -2.66. The molecule has 15 heavy (non-hydrogen) atoms. The Hall–Kier alpha value is -0.378. The molecule has 0 atom stereocenters.